The van der Waals surface area contributed by atoms with Crippen LogP contribution < -0.4 is 5.32 Å². The summed E-state index contributed by atoms with van der Waals surface area (Å²) >= 11 is 1.52. The molecule has 0 aliphatic rings. The highest BCUT2D eigenvalue weighted by Gasteiger charge is 2.12. The molecule has 19 heavy (non-hydrogen) atoms. The zero-order chi connectivity index (χ0) is 13.8. The van der Waals surface area contributed by atoms with Gasteiger partial charge in [0, 0.05) is 24.3 Å². The van der Waals surface area contributed by atoms with E-state index in [9.17, 15) is 9.59 Å². The third-order valence-electron chi connectivity index (χ3n) is 2.81. The van der Waals surface area contributed by atoms with Crippen LogP contribution in [0, 0.1) is 5.92 Å². The Morgan fingerprint density at radius 3 is 3.05 bits per heavy atom. The minimum atomic E-state index is -0.844. The summed E-state index contributed by atoms with van der Waals surface area (Å²) in [6.07, 6.45) is 4.36. The molecule has 0 spiro atoms. The van der Waals surface area contributed by atoms with Crippen LogP contribution in [0.4, 0.5) is 0 Å². The molecule has 1 unspecified atom stereocenters. The average molecular weight is 281 g/mol. The van der Waals surface area contributed by atoms with Gasteiger partial charge in [0.2, 0.25) is 5.91 Å². The number of hydrogen-bond donors (Lipinski definition) is 2. The molecule has 0 saturated heterocycles. The van der Waals surface area contributed by atoms with E-state index in [2.05, 4.69) is 10.3 Å². The van der Waals surface area contributed by atoms with E-state index in [1.165, 1.54) is 11.3 Å². The Morgan fingerprint density at radius 2 is 2.37 bits per heavy atom. The largest absolute Gasteiger partial charge is 0.481 e. The highest BCUT2D eigenvalue weighted by Crippen LogP contribution is 2.11. The lowest BCUT2D eigenvalue weighted by molar-refractivity contribution is -0.141. The molecule has 6 nitrogen and oxygen atoms in total. The number of thiazole rings is 1. The van der Waals surface area contributed by atoms with E-state index in [4.69, 9.17) is 5.11 Å². The fourth-order valence-corrected chi connectivity index (χ4v) is 2.36. The highest BCUT2D eigenvalue weighted by molar-refractivity contribution is 7.15. The van der Waals surface area contributed by atoms with E-state index in [1.54, 1.807) is 6.92 Å². The SMILES string of the molecule is CC(CCNC(=O)Cc1cn2ccsc2n1)C(=O)O. The van der Waals surface area contributed by atoms with E-state index < -0.39 is 11.9 Å². The van der Waals surface area contributed by atoms with Crippen LogP contribution in [0.15, 0.2) is 17.8 Å². The van der Waals surface area contributed by atoms with Gasteiger partial charge in [-0.25, -0.2) is 4.98 Å². The molecule has 0 bridgehead atoms. The number of imidazole rings is 1. The van der Waals surface area contributed by atoms with E-state index in [0.717, 1.165) is 10.7 Å². The van der Waals surface area contributed by atoms with Gasteiger partial charge in [0.1, 0.15) is 0 Å². The first-order valence-corrected chi connectivity index (χ1v) is 6.85. The number of nitrogens with one attached hydrogen (secondary N) is 1. The normalized spacial score (nSPS) is 12.5. The lowest BCUT2D eigenvalue weighted by Crippen LogP contribution is -2.28. The molecule has 0 fully saturated rings. The van der Waals surface area contributed by atoms with Crippen molar-refractivity contribution in [3.05, 3.63) is 23.5 Å². The number of aromatic nitrogens is 2. The fourth-order valence-electron chi connectivity index (χ4n) is 1.64. The number of carboxylic acids is 1. The molecule has 2 aromatic heterocycles. The predicted octanol–water partition coefficient (Wildman–Crippen LogP) is 1.17. The van der Waals surface area contributed by atoms with Crippen molar-refractivity contribution in [2.24, 2.45) is 5.92 Å². The third kappa shape index (κ3) is 3.54. The predicted molar refractivity (Wildman–Crippen MR) is 71.2 cm³/mol. The molecule has 7 heteroatoms. The Balaban J connectivity index is 1.78. The summed E-state index contributed by atoms with van der Waals surface area (Å²) < 4.78 is 1.87. The molecule has 2 rings (SSSR count). The first kappa shape index (κ1) is 13.5. The van der Waals surface area contributed by atoms with E-state index >= 15 is 0 Å². The topological polar surface area (TPSA) is 83.7 Å². The second-order valence-corrected chi connectivity index (χ2v) is 5.25. The van der Waals surface area contributed by atoms with E-state index in [-0.39, 0.29) is 12.3 Å². The van der Waals surface area contributed by atoms with Gasteiger partial charge in [-0.3, -0.25) is 14.0 Å². The molecule has 2 heterocycles. The van der Waals surface area contributed by atoms with Crippen LogP contribution in [0.2, 0.25) is 0 Å². The van der Waals surface area contributed by atoms with Gasteiger partial charge in [0.05, 0.1) is 18.0 Å². The van der Waals surface area contributed by atoms with Gasteiger partial charge in [-0.2, -0.15) is 0 Å². The molecule has 2 N–H and O–H groups in total. The van der Waals surface area contributed by atoms with Gasteiger partial charge in [-0.15, -0.1) is 11.3 Å². The molecule has 0 aliphatic carbocycles. The van der Waals surface area contributed by atoms with Gasteiger partial charge >= 0.3 is 5.97 Å². The monoisotopic (exact) mass is 281 g/mol. The summed E-state index contributed by atoms with van der Waals surface area (Å²) in [5.74, 6) is -1.43. The van der Waals surface area contributed by atoms with Crippen LogP contribution in [-0.4, -0.2) is 32.9 Å². The molecule has 2 aromatic rings. The Morgan fingerprint density at radius 1 is 1.58 bits per heavy atom. The van der Waals surface area contributed by atoms with Crippen LogP contribution in [0.5, 0.6) is 0 Å². The van der Waals surface area contributed by atoms with E-state index in [1.807, 2.05) is 22.2 Å². The van der Waals surface area contributed by atoms with Crippen LogP contribution in [0.25, 0.3) is 4.96 Å². The number of fused-ring (bicyclic) bond motifs is 1. The Kier molecular flexibility index (Phi) is 4.16. The number of nitrogens with zero attached hydrogens (tertiary/aromatic N) is 2. The van der Waals surface area contributed by atoms with Crippen molar-refractivity contribution in [3.63, 3.8) is 0 Å². The maximum absolute atomic E-state index is 11.7. The van der Waals surface area contributed by atoms with Crippen molar-refractivity contribution in [1.29, 1.82) is 0 Å². The average Bonchev–Trinajstić information content (AvgIpc) is 2.89. The molecular weight excluding hydrogens is 266 g/mol. The number of hydrogen-bond acceptors (Lipinski definition) is 4. The summed E-state index contributed by atoms with van der Waals surface area (Å²) in [5, 5.41) is 13.4. The lowest BCUT2D eigenvalue weighted by Gasteiger charge is -2.06. The molecule has 0 saturated carbocycles. The van der Waals surface area contributed by atoms with Gasteiger partial charge in [0.15, 0.2) is 4.96 Å². The Bertz CT molecular complexity index is 561. The standard InChI is InChI=1S/C12H15N3O3S/c1-8(11(17)18)2-3-13-10(16)6-9-7-15-4-5-19-12(15)14-9/h4-5,7-8H,2-3,6H2,1H3,(H,13,16)(H,17,18). The minimum Gasteiger partial charge on any atom is -0.481 e. The second kappa shape index (κ2) is 5.83. The molecular formula is C12H15N3O3S. The maximum Gasteiger partial charge on any atom is 0.306 e. The number of aliphatic carboxylic acids is 1. The van der Waals surface area contributed by atoms with Crippen LogP contribution in [0.1, 0.15) is 19.0 Å². The van der Waals surface area contributed by atoms with Gasteiger partial charge in [-0.05, 0) is 6.42 Å². The number of carbonyl (C=O) groups excluding carboxylic acids is 1. The summed E-state index contributed by atoms with van der Waals surface area (Å²) in [7, 11) is 0. The summed E-state index contributed by atoms with van der Waals surface area (Å²) in [6.45, 7) is 1.99. The fraction of sp³-hybridized carbons (Fsp3) is 0.417. The second-order valence-electron chi connectivity index (χ2n) is 4.38. The molecule has 1 amide bonds. The number of amides is 1. The van der Waals surface area contributed by atoms with Crippen molar-refractivity contribution in [2.75, 3.05) is 6.54 Å². The summed E-state index contributed by atoms with van der Waals surface area (Å²) in [6, 6.07) is 0. The number of rotatable bonds is 6. The minimum absolute atomic E-state index is 0.136. The van der Waals surface area contributed by atoms with Crippen LogP contribution in [-0.2, 0) is 16.0 Å². The Hall–Kier alpha value is -1.89. The molecule has 0 radical (unpaired) electrons. The quantitative estimate of drug-likeness (QED) is 0.832. The molecule has 0 aromatic carbocycles. The number of carboxylic acid groups (broad SMARTS) is 1. The van der Waals surface area contributed by atoms with Crippen molar-refractivity contribution in [1.82, 2.24) is 14.7 Å². The molecule has 0 aliphatic heterocycles. The smallest absolute Gasteiger partial charge is 0.306 e. The molecule has 1 atom stereocenters. The van der Waals surface area contributed by atoms with Gasteiger partial charge in [0.25, 0.3) is 0 Å². The summed E-state index contributed by atoms with van der Waals surface area (Å²) in [5.41, 5.74) is 0.718. The molecule has 102 valence electrons. The Labute approximate surface area is 114 Å². The van der Waals surface area contributed by atoms with Crippen molar-refractivity contribution >= 4 is 28.2 Å². The van der Waals surface area contributed by atoms with Crippen molar-refractivity contribution < 1.29 is 14.7 Å². The highest BCUT2D eigenvalue weighted by atomic mass is 32.1. The van der Waals surface area contributed by atoms with Crippen LogP contribution in [0.3, 0.4) is 0 Å². The number of carbonyl (C=O) groups is 2. The zero-order valence-electron chi connectivity index (χ0n) is 10.5. The maximum atomic E-state index is 11.7. The van der Waals surface area contributed by atoms with E-state index in [0.29, 0.717) is 13.0 Å². The lowest BCUT2D eigenvalue weighted by atomic mass is 10.1. The zero-order valence-corrected chi connectivity index (χ0v) is 11.3. The third-order valence-corrected chi connectivity index (χ3v) is 3.58. The van der Waals surface area contributed by atoms with Gasteiger partial charge in [-0.1, -0.05) is 6.92 Å². The van der Waals surface area contributed by atoms with Crippen molar-refractivity contribution in [3.8, 4) is 0 Å². The van der Waals surface area contributed by atoms with Crippen LogP contribution >= 0.6 is 11.3 Å². The van der Waals surface area contributed by atoms with Crippen molar-refractivity contribution in [2.45, 2.75) is 19.8 Å². The first-order valence-electron chi connectivity index (χ1n) is 5.97. The van der Waals surface area contributed by atoms with Gasteiger partial charge < -0.3 is 10.4 Å². The summed E-state index contributed by atoms with van der Waals surface area (Å²) in [4.78, 5) is 27.4. The first-order chi connectivity index (χ1) is 9.06.